The van der Waals surface area contributed by atoms with Crippen LogP contribution in [0.3, 0.4) is 0 Å². The van der Waals surface area contributed by atoms with Gasteiger partial charge in [0, 0.05) is 12.2 Å². The maximum atomic E-state index is 9.48. The van der Waals surface area contributed by atoms with Crippen molar-refractivity contribution in [2.75, 3.05) is 11.9 Å². The maximum absolute atomic E-state index is 9.48. The number of nitrogens with zero attached hydrogens (tertiary/aromatic N) is 3. The predicted octanol–water partition coefficient (Wildman–Crippen LogP) is 1.22. The summed E-state index contributed by atoms with van der Waals surface area (Å²) < 4.78 is 1.83. The number of fused-ring (bicyclic) bond motifs is 1. The second-order valence-electron chi connectivity index (χ2n) is 3.82. The summed E-state index contributed by atoms with van der Waals surface area (Å²) in [6, 6.07) is 3.96. The Kier molecular flexibility index (Phi) is 3.05. The van der Waals surface area contributed by atoms with E-state index >= 15 is 0 Å². The molecular formula is C11H16N4O. The molecule has 0 saturated heterocycles. The van der Waals surface area contributed by atoms with Crippen LogP contribution in [0.15, 0.2) is 18.5 Å². The molecule has 0 unspecified atom stereocenters. The van der Waals surface area contributed by atoms with Crippen LogP contribution >= 0.6 is 0 Å². The Hall–Kier alpha value is -1.62. The molecule has 0 spiro atoms. The number of hydrogen-bond donors (Lipinski definition) is 2. The molecule has 0 aliphatic rings. The molecule has 2 heterocycles. The first kappa shape index (κ1) is 10.9. The molecule has 2 aromatic rings. The van der Waals surface area contributed by atoms with Gasteiger partial charge in [-0.1, -0.05) is 6.92 Å². The first-order valence-electron chi connectivity index (χ1n) is 5.43. The monoisotopic (exact) mass is 220 g/mol. The highest BCUT2D eigenvalue weighted by Crippen LogP contribution is 2.15. The number of aryl methyl sites for hydroxylation is 1. The molecule has 0 aliphatic carbocycles. The van der Waals surface area contributed by atoms with Gasteiger partial charge in [0.05, 0.1) is 6.10 Å². The summed E-state index contributed by atoms with van der Waals surface area (Å²) in [6.07, 6.45) is 1.90. The Morgan fingerprint density at radius 1 is 1.50 bits per heavy atom. The highest BCUT2D eigenvalue weighted by atomic mass is 16.3. The standard InChI is InChI=1S/C11H16N4O/c1-3-9(16)6-12-11-10-5-4-8(2)15(10)14-7-13-11/h4-5,7,9,16H,3,6H2,1-2H3,(H,12,13,14)/t9-/m1/s1. The topological polar surface area (TPSA) is 62.5 Å². The van der Waals surface area contributed by atoms with Gasteiger partial charge in [0.15, 0.2) is 5.82 Å². The largest absolute Gasteiger partial charge is 0.391 e. The number of anilines is 1. The predicted molar refractivity (Wildman–Crippen MR) is 62.5 cm³/mol. The number of aliphatic hydroxyl groups is 1. The van der Waals surface area contributed by atoms with Crippen molar-refractivity contribution < 1.29 is 5.11 Å². The van der Waals surface area contributed by atoms with Gasteiger partial charge in [-0.2, -0.15) is 5.10 Å². The van der Waals surface area contributed by atoms with E-state index in [1.54, 1.807) is 0 Å². The Morgan fingerprint density at radius 3 is 3.06 bits per heavy atom. The van der Waals surface area contributed by atoms with Crippen molar-refractivity contribution >= 4 is 11.3 Å². The average Bonchev–Trinajstić information content (AvgIpc) is 2.69. The highest BCUT2D eigenvalue weighted by Gasteiger charge is 2.06. The first-order valence-corrected chi connectivity index (χ1v) is 5.43. The SMILES string of the molecule is CC[C@@H](O)CNc1ncnn2c(C)ccc12. The van der Waals surface area contributed by atoms with Crippen LogP contribution in [-0.2, 0) is 0 Å². The van der Waals surface area contributed by atoms with E-state index in [4.69, 9.17) is 0 Å². The number of nitrogens with one attached hydrogen (secondary N) is 1. The fourth-order valence-electron chi connectivity index (χ4n) is 1.56. The smallest absolute Gasteiger partial charge is 0.154 e. The van der Waals surface area contributed by atoms with E-state index in [9.17, 15) is 5.11 Å². The van der Waals surface area contributed by atoms with Crippen molar-refractivity contribution in [3.63, 3.8) is 0 Å². The highest BCUT2D eigenvalue weighted by molar-refractivity contribution is 5.67. The molecule has 0 saturated carbocycles. The summed E-state index contributed by atoms with van der Waals surface area (Å²) in [5.74, 6) is 0.760. The molecule has 0 fully saturated rings. The van der Waals surface area contributed by atoms with Crippen LogP contribution in [0.1, 0.15) is 19.0 Å². The molecule has 86 valence electrons. The van der Waals surface area contributed by atoms with Crippen LogP contribution in [-0.4, -0.2) is 32.4 Å². The zero-order valence-corrected chi connectivity index (χ0v) is 9.51. The molecular weight excluding hydrogens is 204 g/mol. The summed E-state index contributed by atoms with van der Waals surface area (Å²) >= 11 is 0. The summed E-state index contributed by atoms with van der Waals surface area (Å²) in [4.78, 5) is 4.17. The van der Waals surface area contributed by atoms with E-state index in [1.165, 1.54) is 6.33 Å². The molecule has 5 heteroatoms. The van der Waals surface area contributed by atoms with Gasteiger partial charge < -0.3 is 10.4 Å². The Morgan fingerprint density at radius 2 is 2.31 bits per heavy atom. The quantitative estimate of drug-likeness (QED) is 0.813. The molecule has 0 amide bonds. The molecule has 0 aliphatic heterocycles. The van der Waals surface area contributed by atoms with Crippen LogP contribution in [0.5, 0.6) is 0 Å². The van der Waals surface area contributed by atoms with Gasteiger partial charge in [-0.05, 0) is 25.5 Å². The fourth-order valence-corrected chi connectivity index (χ4v) is 1.56. The van der Waals surface area contributed by atoms with Crippen molar-refractivity contribution in [1.29, 1.82) is 0 Å². The van der Waals surface area contributed by atoms with E-state index in [0.717, 1.165) is 23.4 Å². The van der Waals surface area contributed by atoms with Crippen molar-refractivity contribution in [2.45, 2.75) is 26.4 Å². The Balaban J connectivity index is 2.24. The number of rotatable bonds is 4. The molecule has 2 rings (SSSR count). The molecule has 2 N–H and O–H groups in total. The van der Waals surface area contributed by atoms with Crippen molar-refractivity contribution in [1.82, 2.24) is 14.6 Å². The van der Waals surface area contributed by atoms with E-state index in [-0.39, 0.29) is 6.10 Å². The van der Waals surface area contributed by atoms with Gasteiger partial charge in [-0.3, -0.25) is 0 Å². The van der Waals surface area contributed by atoms with Crippen LogP contribution in [0.4, 0.5) is 5.82 Å². The van der Waals surface area contributed by atoms with Gasteiger partial charge in [-0.15, -0.1) is 0 Å². The second-order valence-corrected chi connectivity index (χ2v) is 3.82. The van der Waals surface area contributed by atoms with Crippen molar-refractivity contribution in [2.24, 2.45) is 0 Å². The Labute approximate surface area is 94.1 Å². The fraction of sp³-hybridized carbons (Fsp3) is 0.455. The third kappa shape index (κ3) is 1.99. The zero-order chi connectivity index (χ0) is 11.5. The third-order valence-corrected chi connectivity index (χ3v) is 2.62. The summed E-state index contributed by atoms with van der Waals surface area (Å²) in [5, 5.41) is 16.8. The molecule has 0 bridgehead atoms. The summed E-state index contributed by atoms with van der Waals surface area (Å²) in [6.45, 7) is 4.45. The Bertz CT molecular complexity index is 480. The lowest BCUT2D eigenvalue weighted by atomic mass is 10.3. The summed E-state index contributed by atoms with van der Waals surface area (Å²) in [5.41, 5.74) is 2.00. The maximum Gasteiger partial charge on any atom is 0.154 e. The zero-order valence-electron chi connectivity index (χ0n) is 9.51. The second kappa shape index (κ2) is 4.49. The average molecular weight is 220 g/mol. The lowest BCUT2D eigenvalue weighted by molar-refractivity contribution is 0.183. The van der Waals surface area contributed by atoms with Crippen molar-refractivity contribution in [3.05, 3.63) is 24.2 Å². The number of hydrogen-bond acceptors (Lipinski definition) is 4. The van der Waals surface area contributed by atoms with Gasteiger partial charge in [-0.25, -0.2) is 9.50 Å². The van der Waals surface area contributed by atoms with Gasteiger partial charge in [0.1, 0.15) is 11.8 Å². The first-order chi connectivity index (χ1) is 7.72. The molecule has 5 nitrogen and oxygen atoms in total. The van der Waals surface area contributed by atoms with Gasteiger partial charge >= 0.3 is 0 Å². The van der Waals surface area contributed by atoms with Gasteiger partial charge in [0.2, 0.25) is 0 Å². The van der Waals surface area contributed by atoms with E-state index in [2.05, 4.69) is 15.4 Å². The van der Waals surface area contributed by atoms with Crippen molar-refractivity contribution in [3.8, 4) is 0 Å². The third-order valence-electron chi connectivity index (χ3n) is 2.62. The van der Waals surface area contributed by atoms with Crippen LogP contribution in [0.2, 0.25) is 0 Å². The molecule has 1 atom stereocenters. The molecule has 2 aromatic heterocycles. The van der Waals surface area contributed by atoms with E-state index < -0.39 is 0 Å². The summed E-state index contributed by atoms with van der Waals surface area (Å²) in [7, 11) is 0. The number of aliphatic hydroxyl groups excluding tert-OH is 1. The minimum Gasteiger partial charge on any atom is -0.391 e. The minimum absolute atomic E-state index is 0.342. The normalized spacial score (nSPS) is 12.9. The lowest BCUT2D eigenvalue weighted by Gasteiger charge is -2.10. The van der Waals surface area contributed by atoms with E-state index in [0.29, 0.717) is 6.54 Å². The van der Waals surface area contributed by atoms with Crippen LogP contribution in [0, 0.1) is 6.92 Å². The molecule has 16 heavy (non-hydrogen) atoms. The molecule has 0 radical (unpaired) electrons. The molecule has 0 aromatic carbocycles. The lowest BCUT2D eigenvalue weighted by Crippen LogP contribution is -2.19. The minimum atomic E-state index is -0.342. The number of aromatic nitrogens is 3. The van der Waals surface area contributed by atoms with Crippen LogP contribution < -0.4 is 5.32 Å². The van der Waals surface area contributed by atoms with Crippen LogP contribution in [0.25, 0.3) is 5.52 Å². The van der Waals surface area contributed by atoms with E-state index in [1.807, 2.05) is 30.5 Å². The van der Waals surface area contributed by atoms with Gasteiger partial charge in [0.25, 0.3) is 0 Å².